The molecule has 3 aromatic rings. The van der Waals surface area contributed by atoms with Crippen LogP contribution in [0.15, 0.2) is 66.2 Å². The zero-order chi connectivity index (χ0) is 25.3. The van der Waals surface area contributed by atoms with Gasteiger partial charge in [-0.25, -0.2) is 8.78 Å². The van der Waals surface area contributed by atoms with E-state index in [1.165, 1.54) is 63.8 Å². The number of anilines is 1. The van der Waals surface area contributed by atoms with Crippen LogP contribution in [0.5, 0.6) is 17.2 Å². The lowest BCUT2D eigenvalue weighted by Crippen LogP contribution is -2.29. The standard InChI is InChI=1S/C26H21F2NO6/c1-33-19-11-15(12-20(34-2)25(19)35-3)22-21(23(30)14-7-9-16(27)10-8-14)24(31)26(32)29(22)18-6-4-5-17(28)13-18/h4-13,22,30H,1-3H3/b23-21+. The molecule has 7 nitrogen and oxygen atoms in total. The number of amides is 1. The summed E-state index contributed by atoms with van der Waals surface area (Å²) >= 11 is 0. The summed E-state index contributed by atoms with van der Waals surface area (Å²) in [7, 11) is 4.24. The van der Waals surface area contributed by atoms with Crippen molar-refractivity contribution in [3.8, 4) is 17.2 Å². The van der Waals surface area contributed by atoms with Gasteiger partial charge in [-0.15, -0.1) is 0 Å². The number of aliphatic hydroxyl groups excluding tert-OH is 1. The van der Waals surface area contributed by atoms with Crippen LogP contribution in [0, 0.1) is 11.6 Å². The average molecular weight is 481 g/mol. The molecule has 0 saturated carbocycles. The SMILES string of the molecule is COc1cc(C2/C(=C(\O)c3ccc(F)cc3)C(=O)C(=O)N2c2cccc(F)c2)cc(OC)c1OC. The third kappa shape index (κ3) is 4.16. The second kappa shape index (κ2) is 9.46. The first-order valence-corrected chi connectivity index (χ1v) is 10.4. The fourth-order valence-electron chi connectivity index (χ4n) is 4.06. The van der Waals surface area contributed by atoms with Crippen molar-refractivity contribution in [2.24, 2.45) is 0 Å². The minimum Gasteiger partial charge on any atom is -0.507 e. The van der Waals surface area contributed by atoms with Crippen molar-refractivity contribution in [3.63, 3.8) is 0 Å². The number of benzene rings is 3. The zero-order valence-electron chi connectivity index (χ0n) is 19.0. The molecule has 9 heteroatoms. The van der Waals surface area contributed by atoms with Crippen LogP contribution in [0.25, 0.3) is 5.76 Å². The van der Waals surface area contributed by atoms with E-state index >= 15 is 0 Å². The van der Waals surface area contributed by atoms with Crippen molar-refractivity contribution in [2.75, 3.05) is 26.2 Å². The summed E-state index contributed by atoms with van der Waals surface area (Å²) in [6, 6.07) is 11.9. The molecule has 180 valence electrons. The van der Waals surface area contributed by atoms with E-state index in [1.54, 1.807) is 0 Å². The number of hydrogen-bond acceptors (Lipinski definition) is 6. The molecule has 0 aliphatic carbocycles. The van der Waals surface area contributed by atoms with Gasteiger partial charge in [-0.1, -0.05) is 6.07 Å². The van der Waals surface area contributed by atoms with Crippen molar-refractivity contribution in [3.05, 3.63) is 89.0 Å². The molecule has 4 rings (SSSR count). The second-order valence-corrected chi connectivity index (χ2v) is 7.61. The van der Waals surface area contributed by atoms with E-state index in [0.717, 1.165) is 23.1 Å². The molecule has 0 radical (unpaired) electrons. The van der Waals surface area contributed by atoms with Gasteiger partial charge in [0, 0.05) is 11.3 Å². The largest absolute Gasteiger partial charge is 0.507 e. The molecule has 1 N–H and O–H groups in total. The van der Waals surface area contributed by atoms with Gasteiger partial charge in [0.25, 0.3) is 11.7 Å². The van der Waals surface area contributed by atoms with Crippen LogP contribution in [-0.4, -0.2) is 38.1 Å². The Bertz CT molecular complexity index is 1310. The van der Waals surface area contributed by atoms with E-state index < -0.39 is 35.1 Å². The monoisotopic (exact) mass is 481 g/mol. The van der Waals surface area contributed by atoms with Gasteiger partial charge < -0.3 is 19.3 Å². The van der Waals surface area contributed by atoms with Crippen LogP contribution < -0.4 is 19.1 Å². The van der Waals surface area contributed by atoms with Gasteiger partial charge in [0.15, 0.2) is 11.5 Å². The molecule has 1 amide bonds. The molecule has 1 fully saturated rings. The number of methoxy groups -OCH3 is 3. The quantitative estimate of drug-likeness (QED) is 0.314. The normalized spacial score (nSPS) is 16.9. The number of nitrogens with zero attached hydrogens (tertiary/aromatic N) is 1. The van der Waals surface area contributed by atoms with E-state index in [2.05, 4.69) is 0 Å². The maximum atomic E-state index is 14.1. The number of carbonyl (C=O) groups is 2. The van der Waals surface area contributed by atoms with Crippen LogP contribution in [0.4, 0.5) is 14.5 Å². The first-order chi connectivity index (χ1) is 16.8. The van der Waals surface area contributed by atoms with E-state index in [0.29, 0.717) is 5.56 Å². The molecule has 1 aliphatic heterocycles. The van der Waals surface area contributed by atoms with Crippen LogP contribution in [0.2, 0.25) is 0 Å². The molecule has 1 saturated heterocycles. The number of carbonyl (C=O) groups excluding carboxylic acids is 2. The van der Waals surface area contributed by atoms with Gasteiger partial charge in [-0.05, 0) is 60.2 Å². The predicted molar refractivity (Wildman–Crippen MR) is 124 cm³/mol. The number of rotatable bonds is 6. The number of halogens is 2. The van der Waals surface area contributed by atoms with E-state index in [1.807, 2.05) is 0 Å². The van der Waals surface area contributed by atoms with Crippen molar-refractivity contribution < 1.29 is 37.7 Å². The summed E-state index contributed by atoms with van der Waals surface area (Å²) in [6.07, 6.45) is 0. The Morgan fingerprint density at radius 1 is 0.857 bits per heavy atom. The van der Waals surface area contributed by atoms with Crippen molar-refractivity contribution in [1.29, 1.82) is 0 Å². The Balaban J connectivity index is 2.02. The Morgan fingerprint density at radius 3 is 2.03 bits per heavy atom. The maximum Gasteiger partial charge on any atom is 0.300 e. The highest BCUT2D eigenvalue weighted by atomic mass is 19.1. The number of hydrogen-bond donors (Lipinski definition) is 1. The molecule has 1 heterocycles. The number of aliphatic hydroxyl groups is 1. The molecule has 1 atom stereocenters. The number of Topliss-reactive ketones (excluding diaryl/α,β-unsaturated/α-hetero) is 1. The molecule has 3 aromatic carbocycles. The number of ketones is 1. The molecule has 0 spiro atoms. The van der Waals surface area contributed by atoms with Crippen LogP contribution in [0.3, 0.4) is 0 Å². The van der Waals surface area contributed by atoms with E-state index in [9.17, 15) is 23.5 Å². The average Bonchev–Trinajstić information content (AvgIpc) is 3.13. The lowest BCUT2D eigenvalue weighted by atomic mass is 9.94. The van der Waals surface area contributed by atoms with Crippen LogP contribution >= 0.6 is 0 Å². The molecular formula is C26H21F2NO6. The van der Waals surface area contributed by atoms with Gasteiger partial charge in [-0.2, -0.15) is 0 Å². The van der Waals surface area contributed by atoms with Crippen LogP contribution in [0.1, 0.15) is 17.2 Å². The third-order valence-electron chi connectivity index (χ3n) is 5.65. The summed E-state index contributed by atoms with van der Waals surface area (Å²) in [4.78, 5) is 27.5. The van der Waals surface area contributed by atoms with Gasteiger partial charge in [-0.3, -0.25) is 14.5 Å². The molecule has 0 aromatic heterocycles. The summed E-state index contributed by atoms with van der Waals surface area (Å²) in [5.74, 6) is -2.87. The van der Waals surface area contributed by atoms with Gasteiger partial charge >= 0.3 is 0 Å². The fraction of sp³-hybridized carbons (Fsp3) is 0.154. The van der Waals surface area contributed by atoms with Gasteiger partial charge in [0.2, 0.25) is 5.75 Å². The predicted octanol–water partition coefficient (Wildman–Crippen LogP) is 4.62. The van der Waals surface area contributed by atoms with Crippen molar-refractivity contribution in [2.45, 2.75) is 6.04 Å². The van der Waals surface area contributed by atoms with Gasteiger partial charge in [0.1, 0.15) is 17.4 Å². The Hall–Kier alpha value is -4.40. The lowest BCUT2D eigenvalue weighted by Gasteiger charge is -2.26. The van der Waals surface area contributed by atoms with Crippen LogP contribution in [-0.2, 0) is 9.59 Å². The maximum absolute atomic E-state index is 14.1. The minimum atomic E-state index is -1.18. The van der Waals surface area contributed by atoms with Crippen molar-refractivity contribution in [1.82, 2.24) is 0 Å². The first kappa shape index (κ1) is 23.7. The minimum absolute atomic E-state index is 0.101. The highest BCUT2D eigenvalue weighted by Crippen LogP contribution is 2.47. The molecule has 35 heavy (non-hydrogen) atoms. The number of ether oxygens (including phenoxy) is 3. The smallest absolute Gasteiger partial charge is 0.300 e. The Morgan fingerprint density at radius 2 is 1.49 bits per heavy atom. The van der Waals surface area contributed by atoms with E-state index in [-0.39, 0.29) is 34.1 Å². The summed E-state index contributed by atoms with van der Waals surface area (Å²) in [6.45, 7) is 0. The molecule has 1 aliphatic rings. The molecule has 1 unspecified atom stereocenters. The highest BCUT2D eigenvalue weighted by molar-refractivity contribution is 6.51. The zero-order valence-corrected chi connectivity index (χ0v) is 19.0. The fourth-order valence-corrected chi connectivity index (χ4v) is 4.06. The summed E-state index contributed by atoms with van der Waals surface area (Å²) in [5, 5.41) is 11.1. The topological polar surface area (TPSA) is 85.3 Å². The van der Waals surface area contributed by atoms with E-state index in [4.69, 9.17) is 14.2 Å². The Labute approximate surface area is 199 Å². The highest BCUT2D eigenvalue weighted by Gasteiger charge is 2.47. The molecular weight excluding hydrogens is 460 g/mol. The molecule has 0 bridgehead atoms. The second-order valence-electron chi connectivity index (χ2n) is 7.61. The third-order valence-corrected chi connectivity index (χ3v) is 5.65. The summed E-state index contributed by atoms with van der Waals surface area (Å²) in [5.41, 5.74) is 0.289. The van der Waals surface area contributed by atoms with Crippen molar-refractivity contribution >= 4 is 23.1 Å². The summed E-state index contributed by atoms with van der Waals surface area (Å²) < 4.78 is 43.7. The Kier molecular flexibility index (Phi) is 6.42. The first-order valence-electron chi connectivity index (χ1n) is 10.4. The lowest BCUT2D eigenvalue weighted by molar-refractivity contribution is -0.132. The van der Waals surface area contributed by atoms with Gasteiger partial charge in [0.05, 0.1) is 32.9 Å².